The molecule has 0 radical (unpaired) electrons. The first-order valence-corrected chi connectivity index (χ1v) is 11.3. The van der Waals surface area contributed by atoms with E-state index in [4.69, 9.17) is 32.9 Å². The molecule has 0 bridgehead atoms. The molecule has 1 amide bonds. The highest BCUT2D eigenvalue weighted by atomic mass is 79.9. The lowest BCUT2D eigenvalue weighted by Crippen LogP contribution is -2.50. The van der Waals surface area contributed by atoms with Gasteiger partial charge in [-0.15, -0.1) is 11.7 Å². The van der Waals surface area contributed by atoms with Crippen LogP contribution in [0.25, 0.3) is 5.70 Å². The average Bonchev–Trinajstić information content (AvgIpc) is 2.71. The number of hydrazone groups is 1. The van der Waals surface area contributed by atoms with Crippen molar-refractivity contribution in [2.24, 2.45) is 10.1 Å². The second kappa shape index (κ2) is 8.63. The van der Waals surface area contributed by atoms with Gasteiger partial charge in [0, 0.05) is 26.0 Å². The van der Waals surface area contributed by atoms with Crippen LogP contribution in [0.5, 0.6) is 5.75 Å². The SMILES string of the molecule is C=CCSC1=NN2C(=c3cc(Br)ccc3=NC2c2cc(Cl)cc(Cl)c2OC)C(=O)N1. The molecule has 2 aliphatic rings. The Morgan fingerprint density at radius 3 is 2.90 bits per heavy atom. The maximum absolute atomic E-state index is 13.1. The Hall–Kier alpha value is -2.00. The van der Waals surface area contributed by atoms with Gasteiger partial charge in [0.25, 0.3) is 5.91 Å². The Kier molecular flexibility index (Phi) is 6.11. The van der Waals surface area contributed by atoms with Crippen LogP contribution in [0.1, 0.15) is 11.7 Å². The smallest absolute Gasteiger partial charge is 0.276 e. The Bertz CT molecular complexity index is 1220. The van der Waals surface area contributed by atoms with Gasteiger partial charge in [0.1, 0.15) is 11.4 Å². The molecule has 2 aromatic rings. The third kappa shape index (κ3) is 3.85. The van der Waals surface area contributed by atoms with Crippen molar-refractivity contribution in [1.29, 1.82) is 0 Å². The number of benzene rings is 2. The quantitative estimate of drug-likeness (QED) is 0.616. The molecule has 0 fully saturated rings. The second-order valence-corrected chi connectivity index (χ2v) is 9.09. The van der Waals surface area contributed by atoms with Crippen LogP contribution >= 0.6 is 50.9 Å². The van der Waals surface area contributed by atoms with Crippen LogP contribution in [0, 0.1) is 0 Å². The highest BCUT2D eigenvalue weighted by Crippen LogP contribution is 2.41. The predicted molar refractivity (Wildman–Crippen MR) is 124 cm³/mol. The van der Waals surface area contributed by atoms with Crippen molar-refractivity contribution in [1.82, 2.24) is 10.3 Å². The number of hydrogen-bond donors (Lipinski definition) is 1. The zero-order chi connectivity index (χ0) is 21.4. The van der Waals surface area contributed by atoms with Gasteiger partial charge in [-0.25, -0.2) is 5.01 Å². The molecule has 6 nitrogen and oxygen atoms in total. The fourth-order valence-electron chi connectivity index (χ4n) is 3.24. The molecule has 10 heteroatoms. The van der Waals surface area contributed by atoms with E-state index in [1.165, 1.54) is 18.9 Å². The summed E-state index contributed by atoms with van der Waals surface area (Å²) in [5.41, 5.74) is 0.986. The van der Waals surface area contributed by atoms with Gasteiger partial charge in [0.15, 0.2) is 11.3 Å². The molecule has 1 N–H and O–H groups in total. The van der Waals surface area contributed by atoms with Crippen LogP contribution < -0.4 is 20.6 Å². The molecule has 2 aromatic carbocycles. The lowest BCUT2D eigenvalue weighted by atomic mass is 10.1. The molecule has 0 aliphatic carbocycles. The zero-order valence-electron chi connectivity index (χ0n) is 15.7. The number of carbonyl (C=O) groups excluding carboxylic acids is 1. The second-order valence-electron chi connectivity index (χ2n) is 6.33. The summed E-state index contributed by atoms with van der Waals surface area (Å²) in [6, 6.07) is 8.88. The molecule has 154 valence electrons. The Morgan fingerprint density at radius 2 is 2.17 bits per heavy atom. The van der Waals surface area contributed by atoms with Crippen molar-refractivity contribution in [2.45, 2.75) is 6.17 Å². The average molecular weight is 526 g/mol. The first-order chi connectivity index (χ1) is 14.4. The lowest BCUT2D eigenvalue weighted by Gasteiger charge is -2.34. The number of thioether (sulfide) groups is 1. The number of ether oxygens (including phenoxy) is 1. The minimum atomic E-state index is -0.690. The number of methoxy groups -OCH3 is 1. The highest BCUT2D eigenvalue weighted by molar-refractivity contribution is 9.10. The van der Waals surface area contributed by atoms with Crippen LogP contribution in [0.15, 0.2) is 57.6 Å². The topological polar surface area (TPSA) is 66.3 Å². The van der Waals surface area contributed by atoms with E-state index in [1.807, 2.05) is 18.2 Å². The largest absolute Gasteiger partial charge is 0.495 e. The standard InChI is InChI=1S/C20H15BrCl2N4O2S/c1-3-6-30-20-25-19(28)16-12-7-10(21)4-5-15(12)24-18(27(16)26-20)13-8-11(22)9-14(23)17(13)29-2/h3-5,7-9,18H,1,6H2,2H3,(H,25,26,28). The van der Waals surface area contributed by atoms with Gasteiger partial charge in [-0.1, -0.05) is 57.0 Å². The van der Waals surface area contributed by atoms with E-state index < -0.39 is 6.17 Å². The summed E-state index contributed by atoms with van der Waals surface area (Å²) in [5.74, 6) is 0.748. The normalized spacial score (nSPS) is 17.4. The van der Waals surface area contributed by atoms with E-state index in [2.05, 4.69) is 32.9 Å². The number of amides is 1. The van der Waals surface area contributed by atoms with E-state index in [-0.39, 0.29) is 5.91 Å². The number of nitrogens with zero attached hydrogens (tertiary/aromatic N) is 3. The summed E-state index contributed by atoms with van der Waals surface area (Å²) in [6.45, 7) is 3.71. The van der Waals surface area contributed by atoms with Crippen molar-refractivity contribution in [3.05, 3.63) is 73.6 Å². The predicted octanol–water partition coefficient (Wildman–Crippen LogP) is 3.83. The fourth-order valence-corrected chi connectivity index (χ4v) is 4.78. The summed E-state index contributed by atoms with van der Waals surface area (Å²) in [5, 5.41) is 11.6. The molecule has 0 saturated carbocycles. The van der Waals surface area contributed by atoms with E-state index in [0.717, 1.165) is 4.47 Å². The van der Waals surface area contributed by atoms with Crippen molar-refractivity contribution in [2.75, 3.05) is 12.9 Å². The maximum Gasteiger partial charge on any atom is 0.276 e. The van der Waals surface area contributed by atoms with Crippen LogP contribution in [0.4, 0.5) is 0 Å². The number of fused-ring (bicyclic) bond motifs is 2. The number of carbonyl (C=O) groups is 1. The van der Waals surface area contributed by atoms with Gasteiger partial charge in [-0.3, -0.25) is 15.1 Å². The lowest BCUT2D eigenvalue weighted by molar-refractivity contribution is -0.116. The fraction of sp³-hybridized carbons (Fsp3) is 0.150. The number of nitrogens with one attached hydrogen (secondary N) is 1. The number of amidine groups is 1. The van der Waals surface area contributed by atoms with Crippen LogP contribution in [-0.2, 0) is 4.79 Å². The first-order valence-electron chi connectivity index (χ1n) is 8.76. The molecule has 0 aromatic heterocycles. The summed E-state index contributed by atoms with van der Waals surface area (Å²) in [7, 11) is 1.52. The monoisotopic (exact) mass is 524 g/mol. The van der Waals surface area contributed by atoms with Crippen molar-refractivity contribution in [3.8, 4) is 5.75 Å². The van der Waals surface area contributed by atoms with E-state index >= 15 is 0 Å². The Labute approximate surface area is 195 Å². The molecule has 1 unspecified atom stereocenters. The summed E-state index contributed by atoms with van der Waals surface area (Å²) >= 11 is 17.5. The Morgan fingerprint density at radius 1 is 1.37 bits per heavy atom. The molecule has 1 atom stereocenters. The van der Waals surface area contributed by atoms with E-state index in [1.54, 1.807) is 23.2 Å². The molecular formula is C20H15BrCl2N4O2S. The first kappa shape index (κ1) is 21.2. The molecule has 0 spiro atoms. The molecule has 30 heavy (non-hydrogen) atoms. The van der Waals surface area contributed by atoms with Crippen molar-refractivity contribution in [3.63, 3.8) is 0 Å². The molecule has 2 heterocycles. The Balaban J connectivity index is 1.99. The van der Waals surface area contributed by atoms with Gasteiger partial charge in [0.05, 0.1) is 17.5 Å². The summed E-state index contributed by atoms with van der Waals surface area (Å²) in [4.78, 5) is 17.9. The van der Waals surface area contributed by atoms with E-state index in [9.17, 15) is 4.79 Å². The molecule has 2 aliphatic heterocycles. The van der Waals surface area contributed by atoms with Crippen LogP contribution in [-0.4, -0.2) is 28.9 Å². The third-order valence-electron chi connectivity index (χ3n) is 4.43. The molecule has 0 saturated heterocycles. The minimum absolute atomic E-state index is 0.275. The van der Waals surface area contributed by atoms with E-state index in [0.29, 0.717) is 48.6 Å². The highest BCUT2D eigenvalue weighted by Gasteiger charge is 2.36. The number of hydrogen-bond acceptors (Lipinski definition) is 6. The molecular weight excluding hydrogens is 511 g/mol. The van der Waals surface area contributed by atoms with Gasteiger partial charge in [-0.05, 0) is 30.3 Å². The third-order valence-corrected chi connectivity index (χ3v) is 6.28. The van der Waals surface area contributed by atoms with Crippen LogP contribution in [0.2, 0.25) is 10.0 Å². The molecule has 4 rings (SSSR count). The van der Waals surface area contributed by atoms with Crippen molar-refractivity contribution < 1.29 is 9.53 Å². The van der Waals surface area contributed by atoms with Gasteiger partial charge in [0.2, 0.25) is 0 Å². The van der Waals surface area contributed by atoms with Gasteiger partial charge < -0.3 is 4.74 Å². The van der Waals surface area contributed by atoms with Crippen molar-refractivity contribution >= 4 is 67.7 Å². The number of rotatable bonds is 4. The number of halogens is 3. The summed E-state index contributed by atoms with van der Waals surface area (Å²) < 4.78 is 6.36. The minimum Gasteiger partial charge on any atom is -0.495 e. The maximum atomic E-state index is 13.1. The summed E-state index contributed by atoms with van der Waals surface area (Å²) in [6.07, 6.45) is 1.05. The zero-order valence-corrected chi connectivity index (χ0v) is 19.6. The van der Waals surface area contributed by atoms with Crippen LogP contribution in [0.3, 0.4) is 0 Å². The van der Waals surface area contributed by atoms with Gasteiger partial charge >= 0.3 is 0 Å². The van der Waals surface area contributed by atoms with Gasteiger partial charge in [-0.2, -0.15) is 0 Å².